The lowest BCUT2D eigenvalue weighted by Gasteiger charge is -2.26. The molecule has 1 aliphatic heterocycles. The van der Waals surface area contributed by atoms with E-state index in [1.165, 1.54) is 17.8 Å². The molecule has 1 aromatic heterocycles. The monoisotopic (exact) mass is 475 g/mol. The van der Waals surface area contributed by atoms with Gasteiger partial charge in [0.2, 0.25) is 0 Å². The molecule has 3 aromatic rings. The second-order valence-electron chi connectivity index (χ2n) is 7.55. The molecule has 0 spiro atoms. The lowest BCUT2D eigenvalue weighted by atomic mass is 10.0. The highest BCUT2D eigenvalue weighted by Gasteiger charge is 2.17. The van der Waals surface area contributed by atoms with Crippen LogP contribution in [0.2, 0.25) is 0 Å². The molecule has 0 fully saturated rings. The number of hydrogen-bond acceptors (Lipinski definition) is 6. The Hall–Kier alpha value is -3.58. The number of hydrogen-bond donors (Lipinski definition) is 0. The minimum Gasteiger partial charge on any atom is -0.493 e. The van der Waals surface area contributed by atoms with Gasteiger partial charge in [-0.25, -0.2) is 14.4 Å². The third-order valence-corrected chi connectivity index (χ3v) is 6.04. The van der Waals surface area contributed by atoms with E-state index in [4.69, 9.17) is 14.5 Å². The molecule has 2 aromatic carbocycles. The number of thioether (sulfide) groups is 1. The fourth-order valence-electron chi connectivity index (χ4n) is 3.75. The second kappa shape index (κ2) is 10.6. The van der Waals surface area contributed by atoms with E-state index < -0.39 is 0 Å². The van der Waals surface area contributed by atoms with Crippen LogP contribution in [-0.2, 0) is 6.54 Å². The maximum atomic E-state index is 14.5. The molecule has 0 bridgehead atoms. The smallest absolute Gasteiger partial charge is 0.188 e. The van der Waals surface area contributed by atoms with Crippen LogP contribution in [0.1, 0.15) is 18.2 Å². The lowest BCUT2D eigenvalue weighted by molar-refractivity contribution is 0.353. The Balaban J connectivity index is 1.71. The molecule has 0 aliphatic carbocycles. The molecule has 5 nitrogen and oxygen atoms in total. The van der Waals surface area contributed by atoms with Gasteiger partial charge in [0.15, 0.2) is 16.7 Å². The third kappa shape index (κ3) is 4.99. The van der Waals surface area contributed by atoms with E-state index in [-0.39, 0.29) is 5.82 Å². The largest absolute Gasteiger partial charge is 0.493 e. The van der Waals surface area contributed by atoms with Gasteiger partial charge in [0.25, 0.3) is 0 Å². The minimum atomic E-state index is -0.307. The van der Waals surface area contributed by atoms with Crippen molar-refractivity contribution >= 4 is 17.3 Å². The van der Waals surface area contributed by atoms with E-state index in [0.717, 1.165) is 22.5 Å². The first-order chi connectivity index (χ1) is 16.6. The molecule has 0 saturated carbocycles. The number of aromatic nitrogens is 2. The van der Waals surface area contributed by atoms with Crippen LogP contribution in [-0.4, -0.2) is 35.3 Å². The highest BCUT2D eigenvalue weighted by atomic mass is 32.2. The summed E-state index contributed by atoms with van der Waals surface area (Å²) in [6, 6.07) is 14.4. The first-order valence-corrected chi connectivity index (χ1v) is 12.0. The molecule has 2 heterocycles. The summed E-state index contributed by atoms with van der Waals surface area (Å²) in [6.45, 7) is 2.64. The Labute approximate surface area is 203 Å². The molecule has 7 heteroatoms. The summed E-state index contributed by atoms with van der Waals surface area (Å²) in [5.74, 6) is 1.07. The number of nitrogens with zero attached hydrogens (tertiary/aromatic N) is 3. The standard InChI is InChI=1S/C27H26FN3O2S/c1-5-20-12-11-19(17-31(20)16-18-10-13-25(32-2)26(14-18)33-3)23-15-24(30-27(29-23)34-4)21-8-6-7-9-22(21)28/h5-15,17H,16H2,1-4H3/b20-5+. The molecule has 0 amide bonds. The van der Waals surface area contributed by atoms with Gasteiger partial charge in [-0.15, -0.1) is 0 Å². The zero-order valence-electron chi connectivity index (χ0n) is 19.6. The van der Waals surface area contributed by atoms with E-state index in [2.05, 4.69) is 28.2 Å². The van der Waals surface area contributed by atoms with E-state index in [9.17, 15) is 4.39 Å². The van der Waals surface area contributed by atoms with Gasteiger partial charge in [-0.05, 0) is 61.2 Å². The van der Waals surface area contributed by atoms with Crippen molar-refractivity contribution < 1.29 is 13.9 Å². The molecular weight excluding hydrogens is 449 g/mol. The molecule has 0 unspecified atom stereocenters. The fraction of sp³-hybridized carbons (Fsp3) is 0.185. The van der Waals surface area contributed by atoms with Gasteiger partial charge >= 0.3 is 0 Å². The summed E-state index contributed by atoms with van der Waals surface area (Å²) in [5.41, 5.74) is 4.81. The van der Waals surface area contributed by atoms with Crippen molar-refractivity contribution in [2.75, 3.05) is 20.5 Å². The van der Waals surface area contributed by atoms with Crippen molar-refractivity contribution in [3.8, 4) is 22.8 Å². The van der Waals surface area contributed by atoms with Crippen molar-refractivity contribution in [2.45, 2.75) is 18.6 Å². The Morgan fingerprint density at radius 3 is 2.44 bits per heavy atom. The number of rotatable bonds is 7. The summed E-state index contributed by atoms with van der Waals surface area (Å²) in [6.07, 6.45) is 10.1. The fourth-order valence-corrected chi connectivity index (χ4v) is 4.13. The predicted molar refractivity (Wildman–Crippen MR) is 135 cm³/mol. The van der Waals surface area contributed by atoms with Gasteiger partial charge in [0.05, 0.1) is 25.6 Å². The Bertz CT molecular complexity index is 1290. The first-order valence-electron chi connectivity index (χ1n) is 10.8. The van der Waals surface area contributed by atoms with E-state index in [0.29, 0.717) is 34.5 Å². The minimum absolute atomic E-state index is 0.307. The van der Waals surface area contributed by atoms with Crippen molar-refractivity contribution in [3.63, 3.8) is 0 Å². The predicted octanol–water partition coefficient (Wildman–Crippen LogP) is 6.34. The van der Waals surface area contributed by atoms with Crippen molar-refractivity contribution in [2.24, 2.45) is 0 Å². The van der Waals surface area contributed by atoms with Gasteiger partial charge in [-0.3, -0.25) is 0 Å². The molecular formula is C27H26FN3O2S. The van der Waals surface area contributed by atoms with Crippen LogP contribution in [0, 0.1) is 5.82 Å². The zero-order chi connectivity index (χ0) is 24.1. The molecule has 0 saturated heterocycles. The van der Waals surface area contributed by atoms with Gasteiger partial charge in [-0.2, -0.15) is 0 Å². The van der Waals surface area contributed by atoms with Crippen LogP contribution in [0.25, 0.3) is 16.8 Å². The van der Waals surface area contributed by atoms with Crippen LogP contribution in [0.15, 0.2) is 83.8 Å². The third-order valence-electron chi connectivity index (χ3n) is 5.49. The number of allylic oxidation sites excluding steroid dienone is 4. The quantitative estimate of drug-likeness (QED) is 0.294. The summed E-state index contributed by atoms with van der Waals surface area (Å²) in [5, 5.41) is 0.591. The van der Waals surface area contributed by atoms with E-state index in [1.54, 1.807) is 26.4 Å². The van der Waals surface area contributed by atoms with Gasteiger partial charge in [0, 0.05) is 29.6 Å². The van der Waals surface area contributed by atoms with Crippen molar-refractivity contribution in [1.29, 1.82) is 0 Å². The van der Waals surface area contributed by atoms with Gasteiger partial charge in [0.1, 0.15) is 5.82 Å². The lowest BCUT2D eigenvalue weighted by Crippen LogP contribution is -2.18. The average Bonchev–Trinajstić information content (AvgIpc) is 2.88. The Kier molecular flexibility index (Phi) is 7.33. The maximum Gasteiger partial charge on any atom is 0.188 e. The molecule has 1 aliphatic rings. The molecule has 174 valence electrons. The average molecular weight is 476 g/mol. The number of halogens is 1. The van der Waals surface area contributed by atoms with Crippen LogP contribution in [0.3, 0.4) is 0 Å². The molecule has 4 rings (SSSR count). The molecule has 0 N–H and O–H groups in total. The molecule has 0 radical (unpaired) electrons. The second-order valence-corrected chi connectivity index (χ2v) is 8.33. The molecule has 34 heavy (non-hydrogen) atoms. The normalized spacial score (nSPS) is 14.3. The van der Waals surface area contributed by atoms with Gasteiger partial charge in [-0.1, -0.05) is 36.0 Å². The summed E-state index contributed by atoms with van der Waals surface area (Å²) < 4.78 is 25.3. The van der Waals surface area contributed by atoms with Gasteiger partial charge < -0.3 is 14.4 Å². The summed E-state index contributed by atoms with van der Waals surface area (Å²) >= 11 is 1.43. The highest BCUT2D eigenvalue weighted by Crippen LogP contribution is 2.32. The SMILES string of the molecule is C/C=C1\C=CC(c2cc(-c3ccccc3F)nc(SC)n2)=CN1Cc1ccc(OC)c(OC)c1. The van der Waals surface area contributed by atoms with E-state index in [1.807, 2.05) is 49.6 Å². The number of methoxy groups -OCH3 is 2. The van der Waals surface area contributed by atoms with Crippen LogP contribution < -0.4 is 9.47 Å². The van der Waals surface area contributed by atoms with Crippen LogP contribution in [0.4, 0.5) is 4.39 Å². The maximum absolute atomic E-state index is 14.5. The van der Waals surface area contributed by atoms with Crippen molar-refractivity contribution in [1.82, 2.24) is 14.9 Å². The van der Waals surface area contributed by atoms with Crippen LogP contribution >= 0.6 is 11.8 Å². The highest BCUT2D eigenvalue weighted by molar-refractivity contribution is 7.98. The number of ether oxygens (including phenoxy) is 2. The Morgan fingerprint density at radius 2 is 1.74 bits per heavy atom. The first kappa shape index (κ1) is 23.6. The van der Waals surface area contributed by atoms with Crippen molar-refractivity contribution in [3.05, 3.63) is 95.7 Å². The molecule has 0 atom stereocenters. The summed E-state index contributed by atoms with van der Waals surface area (Å²) in [4.78, 5) is 11.4. The summed E-state index contributed by atoms with van der Waals surface area (Å²) in [7, 11) is 3.26. The Morgan fingerprint density at radius 1 is 0.971 bits per heavy atom. The van der Waals surface area contributed by atoms with E-state index >= 15 is 0 Å². The zero-order valence-corrected chi connectivity index (χ0v) is 20.4. The van der Waals surface area contributed by atoms with Crippen LogP contribution in [0.5, 0.6) is 11.5 Å². The number of benzene rings is 2. The topological polar surface area (TPSA) is 47.5 Å².